The lowest BCUT2D eigenvalue weighted by molar-refractivity contribution is -0.102. The Labute approximate surface area is 48.6 Å². The van der Waals surface area contributed by atoms with Crippen molar-refractivity contribution in [2.24, 2.45) is 0 Å². The van der Waals surface area contributed by atoms with E-state index in [0.29, 0.717) is 6.54 Å². The van der Waals surface area contributed by atoms with Gasteiger partial charge >= 0.3 is 0 Å². The number of nitrogens with zero attached hydrogens (tertiary/aromatic N) is 1. The Hall–Kier alpha value is -0.160. The largest absolute Gasteiger partial charge is 0.317 e. The summed E-state index contributed by atoms with van der Waals surface area (Å²) in [6, 6.07) is -0.0556. The van der Waals surface area contributed by atoms with Gasteiger partial charge in [-0.25, -0.2) is 5.48 Å². The minimum absolute atomic E-state index is 0.0556. The van der Waals surface area contributed by atoms with E-state index in [1.165, 1.54) is 7.05 Å². The van der Waals surface area contributed by atoms with Gasteiger partial charge in [-0.3, -0.25) is 0 Å². The maximum absolute atomic E-state index is 8.63. The molecule has 0 heterocycles. The van der Waals surface area contributed by atoms with Crippen molar-refractivity contribution in [2.75, 3.05) is 13.6 Å². The summed E-state index contributed by atoms with van der Waals surface area (Å²) in [5, 5.41) is 17.8. The quantitative estimate of drug-likeness (QED) is 0.446. The third-order valence-corrected chi connectivity index (χ3v) is 1.02. The van der Waals surface area contributed by atoms with Gasteiger partial charge in [-0.1, -0.05) is 0 Å². The first kappa shape index (κ1) is 7.84. The highest BCUT2D eigenvalue weighted by molar-refractivity contribution is 4.53. The van der Waals surface area contributed by atoms with Crippen molar-refractivity contribution in [3.05, 3.63) is 0 Å². The molecule has 0 aliphatic carbocycles. The normalized spacial score (nSPS) is 14.6. The van der Waals surface area contributed by atoms with Crippen molar-refractivity contribution in [3.8, 4) is 0 Å². The molecule has 0 aromatic rings. The van der Waals surface area contributed by atoms with Crippen molar-refractivity contribution in [1.29, 1.82) is 0 Å². The van der Waals surface area contributed by atoms with Crippen LogP contribution in [0.5, 0.6) is 0 Å². The van der Waals surface area contributed by atoms with E-state index < -0.39 is 0 Å². The minimum Gasteiger partial charge on any atom is -0.317 e. The van der Waals surface area contributed by atoms with Gasteiger partial charge in [0.1, 0.15) is 0 Å². The fourth-order valence-electron chi connectivity index (χ4n) is 0.264. The summed E-state index contributed by atoms with van der Waals surface area (Å²) in [6.45, 7) is 2.15. The predicted molar refractivity (Wildman–Crippen MR) is 28.8 cm³/mol. The topological polar surface area (TPSA) is 55.7 Å². The van der Waals surface area contributed by atoms with Gasteiger partial charge in [0.25, 0.3) is 0 Å². The fraction of sp³-hybridized carbons (Fsp3) is 1.00. The Morgan fingerprint density at radius 3 is 2.38 bits per heavy atom. The first-order valence-electron chi connectivity index (χ1n) is 2.47. The van der Waals surface area contributed by atoms with E-state index in [0.717, 1.165) is 5.06 Å². The van der Waals surface area contributed by atoms with E-state index in [4.69, 9.17) is 10.4 Å². The van der Waals surface area contributed by atoms with Crippen LogP contribution in [0.1, 0.15) is 6.92 Å². The van der Waals surface area contributed by atoms with E-state index in [9.17, 15) is 0 Å². The molecule has 0 aromatic carbocycles. The van der Waals surface area contributed by atoms with Crippen molar-refractivity contribution < 1.29 is 10.4 Å². The van der Waals surface area contributed by atoms with Crippen LogP contribution in [-0.2, 0) is 0 Å². The number of nitrogens with one attached hydrogen (secondary N) is 1. The predicted octanol–water partition coefficient (Wildman–Crippen LogP) is -0.325. The average molecular weight is 120 g/mol. The molecule has 1 atom stereocenters. The Bertz CT molecular complexity index is 58.0. The smallest absolute Gasteiger partial charge is 0.0466 e. The van der Waals surface area contributed by atoms with Crippen molar-refractivity contribution >= 4 is 0 Å². The summed E-state index contributed by atoms with van der Waals surface area (Å²) >= 11 is 0. The molecule has 50 valence electrons. The third kappa shape index (κ3) is 2.92. The maximum Gasteiger partial charge on any atom is 0.0466 e. The molecule has 0 bridgehead atoms. The molecule has 0 fully saturated rings. The molecule has 0 saturated carbocycles. The molecule has 0 spiro atoms. The highest BCUT2D eigenvalue weighted by atomic mass is 16.5. The molecule has 0 amide bonds. The van der Waals surface area contributed by atoms with Gasteiger partial charge in [-0.15, -0.1) is 0 Å². The van der Waals surface area contributed by atoms with Crippen LogP contribution in [0.4, 0.5) is 0 Å². The first-order valence-corrected chi connectivity index (χ1v) is 2.47. The zero-order valence-electron chi connectivity index (χ0n) is 5.13. The van der Waals surface area contributed by atoms with Crippen LogP contribution >= 0.6 is 0 Å². The zero-order chi connectivity index (χ0) is 6.57. The lowest BCUT2D eigenvalue weighted by atomic mass is 10.3. The molecule has 0 aliphatic rings. The number of hydrogen-bond donors (Lipinski definition) is 3. The second-order valence-electron chi connectivity index (χ2n) is 1.78. The third-order valence-electron chi connectivity index (χ3n) is 1.02. The van der Waals surface area contributed by atoms with Gasteiger partial charge in [0.2, 0.25) is 0 Å². The van der Waals surface area contributed by atoms with Crippen molar-refractivity contribution in [2.45, 2.75) is 13.0 Å². The van der Waals surface area contributed by atoms with Crippen LogP contribution < -0.4 is 5.48 Å². The summed E-state index contributed by atoms with van der Waals surface area (Å²) in [7, 11) is 1.53. The minimum atomic E-state index is -0.0556. The van der Waals surface area contributed by atoms with Crippen LogP contribution in [0.15, 0.2) is 0 Å². The van der Waals surface area contributed by atoms with Gasteiger partial charge in [0.15, 0.2) is 0 Å². The van der Waals surface area contributed by atoms with Crippen LogP contribution in [0, 0.1) is 0 Å². The lowest BCUT2D eigenvalue weighted by Crippen LogP contribution is -2.34. The summed E-state index contributed by atoms with van der Waals surface area (Å²) in [5.74, 6) is 0. The zero-order valence-corrected chi connectivity index (χ0v) is 5.13. The fourth-order valence-corrected chi connectivity index (χ4v) is 0.264. The second-order valence-corrected chi connectivity index (χ2v) is 1.78. The molecular formula is C4H12N2O2. The standard InChI is InChI=1S/C4H12N2O2/c1-4(3-5-7)6(2)8/h4-5,7-8H,3H2,1-2H3. The van der Waals surface area contributed by atoms with Gasteiger partial charge in [0, 0.05) is 19.6 Å². The Morgan fingerprint density at radius 1 is 1.75 bits per heavy atom. The molecule has 0 rings (SSSR count). The number of likely N-dealkylation sites (N-methyl/N-ethyl adjacent to an activating group) is 1. The molecule has 4 nitrogen and oxygen atoms in total. The highest BCUT2D eigenvalue weighted by Crippen LogP contribution is 1.85. The van der Waals surface area contributed by atoms with E-state index in [2.05, 4.69) is 0 Å². The molecule has 1 unspecified atom stereocenters. The molecule has 0 aliphatic heterocycles. The van der Waals surface area contributed by atoms with Gasteiger partial charge < -0.3 is 10.4 Å². The van der Waals surface area contributed by atoms with Crippen molar-refractivity contribution in [1.82, 2.24) is 10.5 Å². The average Bonchev–Trinajstić information content (AvgIpc) is 1.67. The van der Waals surface area contributed by atoms with E-state index >= 15 is 0 Å². The molecular weight excluding hydrogens is 108 g/mol. The SMILES string of the molecule is CC(CNO)N(C)O. The van der Waals surface area contributed by atoms with E-state index in [1.807, 2.05) is 5.48 Å². The van der Waals surface area contributed by atoms with E-state index in [-0.39, 0.29) is 6.04 Å². The molecule has 3 N–H and O–H groups in total. The Balaban J connectivity index is 3.17. The van der Waals surface area contributed by atoms with Crippen molar-refractivity contribution in [3.63, 3.8) is 0 Å². The Kier molecular flexibility index (Phi) is 3.72. The maximum atomic E-state index is 8.63. The molecule has 4 heteroatoms. The van der Waals surface area contributed by atoms with Gasteiger partial charge in [0.05, 0.1) is 0 Å². The van der Waals surface area contributed by atoms with Crippen LogP contribution in [0.2, 0.25) is 0 Å². The number of hydroxylamine groups is 3. The highest BCUT2D eigenvalue weighted by Gasteiger charge is 2.02. The Morgan fingerprint density at radius 2 is 2.25 bits per heavy atom. The molecule has 0 aromatic heterocycles. The number of hydrogen-bond acceptors (Lipinski definition) is 4. The summed E-state index contributed by atoms with van der Waals surface area (Å²) in [4.78, 5) is 0. The first-order chi connectivity index (χ1) is 3.68. The molecule has 0 radical (unpaired) electrons. The monoisotopic (exact) mass is 120 g/mol. The van der Waals surface area contributed by atoms with Crippen LogP contribution in [0.25, 0.3) is 0 Å². The van der Waals surface area contributed by atoms with Gasteiger partial charge in [-0.05, 0) is 6.92 Å². The van der Waals surface area contributed by atoms with Crippen LogP contribution in [0.3, 0.4) is 0 Å². The van der Waals surface area contributed by atoms with E-state index in [1.54, 1.807) is 6.92 Å². The second kappa shape index (κ2) is 3.80. The van der Waals surface area contributed by atoms with Crippen LogP contribution in [-0.4, -0.2) is 35.1 Å². The molecule has 8 heavy (non-hydrogen) atoms. The summed E-state index contributed by atoms with van der Waals surface area (Å²) < 4.78 is 0. The summed E-state index contributed by atoms with van der Waals surface area (Å²) in [5.41, 5.74) is 1.95. The lowest BCUT2D eigenvalue weighted by Gasteiger charge is -2.15. The van der Waals surface area contributed by atoms with Gasteiger partial charge in [-0.2, -0.15) is 5.06 Å². The summed E-state index contributed by atoms with van der Waals surface area (Å²) in [6.07, 6.45) is 0. The number of rotatable bonds is 3. The molecule has 0 saturated heterocycles.